The van der Waals surface area contributed by atoms with Crippen LogP contribution in [-0.2, 0) is 4.57 Å². The quantitative estimate of drug-likeness (QED) is 0.535. The van der Waals surface area contributed by atoms with E-state index in [0.717, 1.165) is 56.2 Å². The highest BCUT2D eigenvalue weighted by molar-refractivity contribution is 7.67. The first-order valence-corrected chi connectivity index (χ1v) is 12.9. The maximum Gasteiger partial charge on any atom is 0.284 e. The van der Waals surface area contributed by atoms with Crippen LogP contribution in [0.5, 0.6) is 0 Å². The molecule has 0 saturated carbocycles. The molecule has 2 aromatic carbocycles. The first-order valence-electron chi connectivity index (χ1n) is 11.3. The van der Waals surface area contributed by atoms with E-state index in [2.05, 4.69) is 55.4 Å². The minimum Gasteiger partial charge on any atom is -0.304 e. The van der Waals surface area contributed by atoms with Crippen LogP contribution in [0.1, 0.15) is 11.3 Å². The molecule has 2 saturated heterocycles. The van der Waals surface area contributed by atoms with Gasteiger partial charge in [0.25, 0.3) is 7.44 Å². The van der Waals surface area contributed by atoms with Crippen molar-refractivity contribution >= 4 is 18.8 Å². The highest BCUT2D eigenvalue weighted by atomic mass is 31.2. The molecule has 0 amide bonds. The molecule has 5 rings (SSSR count). The Morgan fingerprint density at radius 2 is 1.22 bits per heavy atom. The highest BCUT2D eigenvalue weighted by Crippen LogP contribution is 2.69. The minimum atomic E-state index is -3.11. The lowest BCUT2D eigenvalue weighted by Gasteiger charge is -2.45. The molecule has 166 valence electrons. The molecule has 3 heterocycles. The molecule has 0 radical (unpaired) electrons. The van der Waals surface area contributed by atoms with Gasteiger partial charge in [0.2, 0.25) is 0 Å². The fourth-order valence-electron chi connectivity index (χ4n) is 4.88. The molecule has 6 nitrogen and oxygen atoms in total. The number of anilines is 2. The number of piperazine rings is 1. The number of benzene rings is 2. The number of aromatic nitrogens is 1. The molecule has 7 heteroatoms. The first kappa shape index (κ1) is 21.2. The summed E-state index contributed by atoms with van der Waals surface area (Å²) in [6.45, 7) is 5.17. The van der Waals surface area contributed by atoms with E-state index in [-0.39, 0.29) is 5.78 Å². The summed E-state index contributed by atoms with van der Waals surface area (Å²) in [6.07, 6.45) is 3.64. The van der Waals surface area contributed by atoms with Crippen LogP contribution in [-0.4, -0.2) is 61.1 Å². The van der Waals surface area contributed by atoms with Crippen molar-refractivity contribution in [2.45, 2.75) is 5.78 Å². The van der Waals surface area contributed by atoms with E-state index in [4.69, 9.17) is 0 Å². The second kappa shape index (κ2) is 9.07. The predicted octanol–water partition coefficient (Wildman–Crippen LogP) is 4.55. The average molecular weight is 448 g/mol. The zero-order chi connectivity index (χ0) is 22.0. The Bertz CT molecular complexity index is 1010. The van der Waals surface area contributed by atoms with E-state index in [0.29, 0.717) is 0 Å². The van der Waals surface area contributed by atoms with Gasteiger partial charge in [-0.1, -0.05) is 36.4 Å². The third-order valence-corrected chi connectivity index (χ3v) is 10.0. The molecular formula is C25H30N5OP. The number of nitrogens with zero attached hydrogens (tertiary/aromatic N) is 5. The summed E-state index contributed by atoms with van der Waals surface area (Å²) in [7, 11) is -0.952. The zero-order valence-corrected chi connectivity index (χ0v) is 19.4. The van der Waals surface area contributed by atoms with Crippen LogP contribution in [0.15, 0.2) is 85.2 Å². The van der Waals surface area contributed by atoms with Crippen LogP contribution in [0.25, 0.3) is 0 Å². The lowest BCUT2D eigenvalue weighted by atomic mass is 10.2. The van der Waals surface area contributed by atoms with Crippen LogP contribution in [0.3, 0.4) is 0 Å². The molecule has 0 spiro atoms. The lowest BCUT2D eigenvalue weighted by molar-refractivity contribution is 0.139. The SMILES string of the molecule is CN1CCN(C(c2ccncc2)P2(=O)N(c3ccccc3)CCN2c2ccccc2)CC1. The number of para-hydroxylation sites is 2. The van der Waals surface area contributed by atoms with Crippen molar-refractivity contribution < 1.29 is 4.57 Å². The number of rotatable bonds is 5. The van der Waals surface area contributed by atoms with Gasteiger partial charge in [-0.05, 0) is 49.0 Å². The molecule has 0 N–H and O–H groups in total. The molecular weight excluding hydrogens is 417 g/mol. The molecule has 0 aliphatic carbocycles. The molecule has 1 atom stereocenters. The topological polar surface area (TPSA) is 42.9 Å². The van der Waals surface area contributed by atoms with Gasteiger partial charge in [-0.3, -0.25) is 14.4 Å². The molecule has 2 aliphatic rings. The van der Waals surface area contributed by atoms with Crippen molar-refractivity contribution in [1.29, 1.82) is 0 Å². The van der Waals surface area contributed by atoms with E-state index in [1.54, 1.807) is 0 Å². The number of pyridine rings is 1. The molecule has 2 aliphatic heterocycles. The Labute approximate surface area is 190 Å². The monoisotopic (exact) mass is 447 g/mol. The number of hydrogen-bond donors (Lipinski definition) is 0. The van der Waals surface area contributed by atoms with Crippen LogP contribution in [0, 0.1) is 0 Å². The van der Waals surface area contributed by atoms with Gasteiger partial charge in [0.15, 0.2) is 0 Å². The van der Waals surface area contributed by atoms with Crippen LogP contribution in [0.4, 0.5) is 11.4 Å². The Kier molecular flexibility index (Phi) is 6.01. The second-order valence-corrected chi connectivity index (χ2v) is 11.1. The van der Waals surface area contributed by atoms with Crippen LogP contribution in [0.2, 0.25) is 0 Å². The Balaban J connectivity index is 1.66. The summed E-state index contributed by atoms with van der Waals surface area (Å²) in [6, 6.07) is 24.5. The summed E-state index contributed by atoms with van der Waals surface area (Å²) in [5.41, 5.74) is 3.10. The first-order chi connectivity index (χ1) is 15.7. The normalized spacial score (nSPS) is 20.4. The van der Waals surface area contributed by atoms with Crippen molar-refractivity contribution in [2.75, 3.05) is 55.7 Å². The molecule has 2 fully saturated rings. The fourth-order valence-corrected chi connectivity index (χ4v) is 8.57. The molecule has 32 heavy (non-hydrogen) atoms. The largest absolute Gasteiger partial charge is 0.304 e. The van der Waals surface area contributed by atoms with E-state index in [1.807, 2.05) is 60.9 Å². The molecule has 0 bridgehead atoms. The minimum absolute atomic E-state index is 0.234. The maximum absolute atomic E-state index is 15.5. The van der Waals surface area contributed by atoms with E-state index < -0.39 is 7.44 Å². The van der Waals surface area contributed by atoms with Gasteiger partial charge in [-0.2, -0.15) is 0 Å². The Morgan fingerprint density at radius 1 is 0.719 bits per heavy atom. The van der Waals surface area contributed by atoms with Crippen LogP contribution >= 0.6 is 7.44 Å². The van der Waals surface area contributed by atoms with Gasteiger partial charge >= 0.3 is 0 Å². The van der Waals surface area contributed by atoms with Crippen molar-refractivity contribution in [3.05, 3.63) is 90.8 Å². The van der Waals surface area contributed by atoms with Crippen molar-refractivity contribution in [2.24, 2.45) is 0 Å². The maximum atomic E-state index is 15.5. The van der Waals surface area contributed by atoms with E-state index in [9.17, 15) is 0 Å². The molecule has 1 aromatic heterocycles. The third kappa shape index (κ3) is 3.83. The predicted molar refractivity (Wildman–Crippen MR) is 131 cm³/mol. The Hall–Kier alpha value is -2.66. The average Bonchev–Trinajstić information content (AvgIpc) is 3.19. The summed E-state index contributed by atoms with van der Waals surface area (Å²) in [4.78, 5) is 9.01. The van der Waals surface area contributed by atoms with E-state index in [1.165, 1.54) is 0 Å². The summed E-state index contributed by atoms with van der Waals surface area (Å²) >= 11 is 0. The van der Waals surface area contributed by atoms with Gasteiger partial charge in [-0.25, -0.2) is 0 Å². The highest BCUT2D eigenvalue weighted by Gasteiger charge is 2.52. The third-order valence-electron chi connectivity index (χ3n) is 6.53. The van der Waals surface area contributed by atoms with E-state index >= 15 is 4.57 Å². The van der Waals surface area contributed by atoms with Gasteiger partial charge < -0.3 is 14.2 Å². The zero-order valence-electron chi connectivity index (χ0n) is 18.5. The van der Waals surface area contributed by atoms with Gasteiger partial charge in [0, 0.05) is 63.0 Å². The second-order valence-electron chi connectivity index (χ2n) is 8.50. The standard InChI is InChI=1S/C25H30N5OP/c1-27-16-18-28(19-17-27)25(22-12-14-26-15-13-22)32(31)29(23-8-4-2-5-9-23)20-21-30(32)24-10-6-3-7-11-24/h2-15,25H,16-21H2,1H3. The number of hydrogen-bond acceptors (Lipinski definition) is 4. The summed E-state index contributed by atoms with van der Waals surface area (Å²) in [5, 5.41) is 0. The number of likely N-dealkylation sites (N-methyl/N-ethyl adjacent to an activating group) is 1. The van der Waals surface area contributed by atoms with Crippen molar-refractivity contribution in [3.63, 3.8) is 0 Å². The summed E-state index contributed by atoms with van der Waals surface area (Å²) in [5.74, 6) is -0.234. The van der Waals surface area contributed by atoms with Gasteiger partial charge in [-0.15, -0.1) is 0 Å². The lowest BCUT2D eigenvalue weighted by Crippen LogP contribution is -2.47. The van der Waals surface area contributed by atoms with Crippen molar-refractivity contribution in [3.8, 4) is 0 Å². The van der Waals surface area contributed by atoms with Crippen molar-refractivity contribution in [1.82, 2.24) is 14.8 Å². The fraction of sp³-hybridized carbons (Fsp3) is 0.320. The van der Waals surface area contributed by atoms with Gasteiger partial charge in [0.05, 0.1) is 0 Å². The van der Waals surface area contributed by atoms with Gasteiger partial charge in [0.1, 0.15) is 5.78 Å². The smallest absolute Gasteiger partial charge is 0.284 e. The Morgan fingerprint density at radius 3 is 1.72 bits per heavy atom. The molecule has 1 unspecified atom stereocenters. The summed E-state index contributed by atoms with van der Waals surface area (Å²) < 4.78 is 19.9. The molecule has 3 aromatic rings. The van der Waals surface area contributed by atoms with Crippen LogP contribution < -0.4 is 9.34 Å².